The molecule has 98 valence electrons. The normalized spacial score (nSPS) is 18.2. The summed E-state index contributed by atoms with van der Waals surface area (Å²) in [5.41, 5.74) is 2.82. The Bertz CT molecular complexity index is 400. The number of fused-ring (bicyclic) bond motifs is 1. The molecule has 0 radical (unpaired) electrons. The number of nitrogens with one attached hydrogen (secondary N) is 1. The van der Waals surface area contributed by atoms with E-state index in [0.717, 1.165) is 18.7 Å². The number of rotatable bonds is 6. The van der Waals surface area contributed by atoms with Crippen molar-refractivity contribution in [3.05, 3.63) is 42.0 Å². The standard InChI is InChI=1S/C16H23NO/c1-3-11-17-15-9-5-8-14-13(15)7-6-10-16(14)18-12-4-2/h4,6-7,10,15,17H,2-3,5,8-9,11-12H2,1H3. The first-order valence-corrected chi connectivity index (χ1v) is 6.95. The summed E-state index contributed by atoms with van der Waals surface area (Å²) in [5, 5.41) is 3.64. The fourth-order valence-electron chi connectivity index (χ4n) is 2.63. The summed E-state index contributed by atoms with van der Waals surface area (Å²) in [4.78, 5) is 0. The smallest absolute Gasteiger partial charge is 0.123 e. The highest BCUT2D eigenvalue weighted by Gasteiger charge is 2.21. The van der Waals surface area contributed by atoms with Crippen molar-refractivity contribution in [3.63, 3.8) is 0 Å². The molecule has 0 saturated carbocycles. The van der Waals surface area contributed by atoms with Gasteiger partial charge >= 0.3 is 0 Å². The summed E-state index contributed by atoms with van der Waals surface area (Å²) in [5.74, 6) is 1.04. The van der Waals surface area contributed by atoms with Crippen molar-refractivity contribution in [2.24, 2.45) is 0 Å². The zero-order valence-electron chi connectivity index (χ0n) is 11.2. The van der Waals surface area contributed by atoms with Crippen LogP contribution in [-0.4, -0.2) is 13.2 Å². The quantitative estimate of drug-likeness (QED) is 0.773. The Morgan fingerprint density at radius 3 is 3.17 bits per heavy atom. The Morgan fingerprint density at radius 1 is 1.50 bits per heavy atom. The maximum atomic E-state index is 5.76. The molecule has 2 nitrogen and oxygen atoms in total. The van der Waals surface area contributed by atoms with E-state index < -0.39 is 0 Å². The fraction of sp³-hybridized carbons (Fsp3) is 0.500. The first-order valence-electron chi connectivity index (χ1n) is 6.95. The molecule has 0 fully saturated rings. The summed E-state index contributed by atoms with van der Waals surface area (Å²) in [6.45, 7) is 7.59. The molecule has 0 amide bonds. The van der Waals surface area contributed by atoms with E-state index in [9.17, 15) is 0 Å². The molecular weight excluding hydrogens is 222 g/mol. The largest absolute Gasteiger partial charge is 0.489 e. The molecule has 1 atom stereocenters. The zero-order chi connectivity index (χ0) is 12.8. The Labute approximate surface area is 110 Å². The summed E-state index contributed by atoms with van der Waals surface area (Å²) in [6, 6.07) is 6.91. The van der Waals surface area contributed by atoms with Gasteiger partial charge in [-0.25, -0.2) is 0 Å². The van der Waals surface area contributed by atoms with E-state index >= 15 is 0 Å². The molecule has 2 rings (SSSR count). The van der Waals surface area contributed by atoms with Gasteiger partial charge in [0.1, 0.15) is 12.4 Å². The highest BCUT2D eigenvalue weighted by molar-refractivity contribution is 5.43. The van der Waals surface area contributed by atoms with Gasteiger partial charge in [0.15, 0.2) is 0 Å². The zero-order valence-corrected chi connectivity index (χ0v) is 11.2. The first kappa shape index (κ1) is 13.2. The van der Waals surface area contributed by atoms with E-state index in [1.54, 1.807) is 6.08 Å². The van der Waals surface area contributed by atoms with Crippen LogP contribution in [0.25, 0.3) is 0 Å². The minimum Gasteiger partial charge on any atom is -0.489 e. The second-order valence-corrected chi connectivity index (χ2v) is 4.82. The van der Waals surface area contributed by atoms with E-state index in [1.807, 2.05) is 0 Å². The van der Waals surface area contributed by atoms with E-state index in [0.29, 0.717) is 12.6 Å². The highest BCUT2D eigenvalue weighted by Crippen LogP contribution is 2.35. The molecule has 1 unspecified atom stereocenters. The van der Waals surface area contributed by atoms with Gasteiger partial charge in [-0.2, -0.15) is 0 Å². The lowest BCUT2D eigenvalue weighted by Crippen LogP contribution is -2.26. The average Bonchev–Trinajstić information content (AvgIpc) is 2.42. The van der Waals surface area contributed by atoms with E-state index in [4.69, 9.17) is 4.74 Å². The molecule has 1 aromatic rings. The monoisotopic (exact) mass is 245 g/mol. The van der Waals surface area contributed by atoms with Crippen molar-refractivity contribution in [1.82, 2.24) is 5.32 Å². The number of hydrogen-bond donors (Lipinski definition) is 1. The van der Waals surface area contributed by atoms with Gasteiger partial charge in [-0.3, -0.25) is 0 Å². The predicted octanol–water partition coefficient (Wildman–Crippen LogP) is 3.63. The third-order valence-corrected chi connectivity index (χ3v) is 3.46. The van der Waals surface area contributed by atoms with Gasteiger partial charge in [0, 0.05) is 6.04 Å². The molecule has 1 aliphatic rings. The van der Waals surface area contributed by atoms with Crippen LogP contribution in [0.4, 0.5) is 0 Å². The van der Waals surface area contributed by atoms with E-state index in [-0.39, 0.29) is 0 Å². The van der Waals surface area contributed by atoms with Crippen LogP contribution in [0.2, 0.25) is 0 Å². The van der Waals surface area contributed by atoms with Crippen LogP contribution < -0.4 is 10.1 Å². The molecule has 0 aliphatic heterocycles. The molecular formula is C16H23NO. The van der Waals surface area contributed by atoms with Crippen molar-refractivity contribution < 1.29 is 4.74 Å². The van der Waals surface area contributed by atoms with Crippen LogP contribution in [0.5, 0.6) is 5.75 Å². The number of benzene rings is 1. The van der Waals surface area contributed by atoms with Crippen molar-refractivity contribution in [2.45, 2.75) is 38.6 Å². The van der Waals surface area contributed by atoms with Crippen LogP contribution >= 0.6 is 0 Å². The van der Waals surface area contributed by atoms with E-state index in [1.165, 1.54) is 30.4 Å². The lowest BCUT2D eigenvalue weighted by Gasteiger charge is -2.28. The lowest BCUT2D eigenvalue weighted by atomic mass is 9.87. The summed E-state index contributed by atoms with van der Waals surface area (Å²) in [7, 11) is 0. The minimum absolute atomic E-state index is 0.501. The predicted molar refractivity (Wildman–Crippen MR) is 76.1 cm³/mol. The Balaban J connectivity index is 2.19. The van der Waals surface area contributed by atoms with Crippen molar-refractivity contribution in [2.75, 3.05) is 13.2 Å². The summed E-state index contributed by atoms with van der Waals surface area (Å²) >= 11 is 0. The molecule has 18 heavy (non-hydrogen) atoms. The van der Waals surface area contributed by atoms with Gasteiger partial charge in [0.2, 0.25) is 0 Å². The van der Waals surface area contributed by atoms with Crippen molar-refractivity contribution >= 4 is 0 Å². The third-order valence-electron chi connectivity index (χ3n) is 3.46. The molecule has 1 aliphatic carbocycles. The van der Waals surface area contributed by atoms with Crippen LogP contribution in [0.15, 0.2) is 30.9 Å². The van der Waals surface area contributed by atoms with Crippen LogP contribution in [0.3, 0.4) is 0 Å². The Morgan fingerprint density at radius 2 is 2.39 bits per heavy atom. The lowest BCUT2D eigenvalue weighted by molar-refractivity contribution is 0.352. The molecule has 1 aromatic carbocycles. The second-order valence-electron chi connectivity index (χ2n) is 4.82. The highest BCUT2D eigenvalue weighted by atomic mass is 16.5. The Hall–Kier alpha value is -1.28. The molecule has 0 aromatic heterocycles. The number of hydrogen-bond acceptors (Lipinski definition) is 2. The number of ether oxygens (including phenoxy) is 1. The Kier molecular flexibility index (Phi) is 4.82. The first-order chi connectivity index (χ1) is 8.86. The van der Waals surface area contributed by atoms with Gasteiger partial charge in [0.05, 0.1) is 0 Å². The maximum absolute atomic E-state index is 5.76. The summed E-state index contributed by atoms with van der Waals surface area (Å²) in [6.07, 6.45) is 6.58. The van der Waals surface area contributed by atoms with Gasteiger partial charge in [-0.15, -0.1) is 0 Å². The second kappa shape index (κ2) is 6.60. The van der Waals surface area contributed by atoms with Crippen LogP contribution in [0, 0.1) is 0 Å². The van der Waals surface area contributed by atoms with Crippen molar-refractivity contribution in [3.8, 4) is 5.75 Å². The topological polar surface area (TPSA) is 21.3 Å². The van der Waals surface area contributed by atoms with Crippen LogP contribution in [0.1, 0.15) is 43.4 Å². The van der Waals surface area contributed by atoms with Crippen LogP contribution in [-0.2, 0) is 6.42 Å². The molecule has 0 spiro atoms. The van der Waals surface area contributed by atoms with Gasteiger partial charge in [-0.1, -0.05) is 31.7 Å². The maximum Gasteiger partial charge on any atom is 0.123 e. The SMILES string of the molecule is C=CCOc1cccc2c1CCCC2NCCC. The van der Waals surface area contributed by atoms with Gasteiger partial charge in [-0.05, 0) is 49.4 Å². The van der Waals surface area contributed by atoms with E-state index in [2.05, 4.69) is 37.0 Å². The molecule has 1 N–H and O–H groups in total. The fourth-order valence-corrected chi connectivity index (χ4v) is 2.63. The molecule has 0 heterocycles. The average molecular weight is 245 g/mol. The third kappa shape index (κ3) is 2.94. The van der Waals surface area contributed by atoms with Gasteiger partial charge in [0.25, 0.3) is 0 Å². The minimum atomic E-state index is 0.501. The molecule has 0 bridgehead atoms. The summed E-state index contributed by atoms with van der Waals surface area (Å²) < 4.78 is 5.76. The molecule has 0 saturated heterocycles. The molecule has 2 heteroatoms. The van der Waals surface area contributed by atoms with Crippen molar-refractivity contribution in [1.29, 1.82) is 0 Å². The van der Waals surface area contributed by atoms with Gasteiger partial charge < -0.3 is 10.1 Å².